The molecular formula is C31H49Cl2N5O7. The van der Waals surface area contributed by atoms with Gasteiger partial charge in [-0.15, -0.1) is 29.8 Å². The fourth-order valence-corrected chi connectivity index (χ4v) is 6.01. The molecule has 2 aliphatic rings. The lowest BCUT2D eigenvalue weighted by Gasteiger charge is -2.38. The molecule has 1 saturated carbocycles. The van der Waals surface area contributed by atoms with Gasteiger partial charge in [-0.25, -0.2) is 4.79 Å². The molecule has 1 saturated heterocycles. The number of fused-ring (bicyclic) bond motifs is 1. The number of hydrogen-bond donors (Lipinski definition) is 4. The first-order valence-electron chi connectivity index (χ1n) is 15.1. The van der Waals surface area contributed by atoms with Crippen molar-refractivity contribution in [1.29, 1.82) is 0 Å². The van der Waals surface area contributed by atoms with Crippen LogP contribution in [0.25, 0.3) is 0 Å². The van der Waals surface area contributed by atoms with Gasteiger partial charge in [-0.1, -0.05) is 26.8 Å². The normalized spacial score (nSPS) is 21.8. The lowest BCUT2D eigenvalue weighted by molar-refractivity contribution is -0.154. The molecule has 0 spiro atoms. The highest BCUT2D eigenvalue weighted by molar-refractivity contribution is 6.51. The van der Waals surface area contributed by atoms with Crippen LogP contribution in [0.3, 0.4) is 0 Å². The molecule has 4 N–H and O–H groups in total. The van der Waals surface area contributed by atoms with Crippen LogP contribution in [-0.4, -0.2) is 87.1 Å². The summed E-state index contributed by atoms with van der Waals surface area (Å²) in [5.41, 5.74) is -1.99. The summed E-state index contributed by atoms with van der Waals surface area (Å²) in [5, 5.41) is 10.6. The first-order chi connectivity index (χ1) is 20.4. The van der Waals surface area contributed by atoms with Crippen LogP contribution in [0.1, 0.15) is 81.6 Å². The molecule has 0 aromatic heterocycles. The zero-order valence-corrected chi connectivity index (χ0v) is 29.3. The van der Waals surface area contributed by atoms with Crippen molar-refractivity contribution in [3.8, 4) is 0 Å². The molecule has 0 bridgehead atoms. The Balaban J connectivity index is 2.23. The van der Waals surface area contributed by atoms with Gasteiger partial charge in [0.25, 0.3) is 5.91 Å². The third-order valence-corrected chi connectivity index (χ3v) is 8.38. The minimum absolute atomic E-state index is 0.0638. The Morgan fingerprint density at radius 2 is 1.60 bits per heavy atom. The number of piperidine rings is 1. The number of esters is 1. The zero-order valence-electron chi connectivity index (χ0n) is 27.8. The molecule has 2 rings (SSSR count). The molecule has 1 aliphatic heterocycles. The molecule has 1 aliphatic carbocycles. The Kier molecular flexibility index (Phi) is 12.2. The number of urea groups is 1. The van der Waals surface area contributed by atoms with Crippen LogP contribution in [-0.2, 0) is 28.7 Å². The summed E-state index contributed by atoms with van der Waals surface area (Å²) in [6, 6.07) is -3.95. The number of alkyl halides is 2. The van der Waals surface area contributed by atoms with Gasteiger partial charge in [0, 0.05) is 30.5 Å². The molecule has 0 aromatic carbocycles. The maximum atomic E-state index is 14.0. The molecule has 5 amide bonds. The Bertz CT molecular complexity index is 1190. The SMILES string of the molecule is C=CCC[C@H](NC(=O)[C@@H]1[C@@H]2[C@H](CN1C(=O)[C@@H](NC(=O)NC(C)(C)C)C(C)(C)C)C2(Cl)Cl)C(=O)C(=O)NCCC(=O)OC(C)(C)C. The number of allylic oxidation sites excluding steroid dienone is 1. The van der Waals surface area contributed by atoms with E-state index in [0.29, 0.717) is 6.42 Å². The van der Waals surface area contributed by atoms with E-state index in [0.717, 1.165) is 0 Å². The fraction of sp³-hybridized carbons (Fsp3) is 0.742. The minimum Gasteiger partial charge on any atom is -0.460 e. The molecule has 0 aromatic rings. The summed E-state index contributed by atoms with van der Waals surface area (Å²) in [5.74, 6) is -4.67. The lowest BCUT2D eigenvalue weighted by Crippen LogP contribution is -2.62. The number of nitrogens with one attached hydrogen (secondary N) is 4. The summed E-state index contributed by atoms with van der Waals surface area (Å²) in [7, 11) is 0. The van der Waals surface area contributed by atoms with Crippen LogP contribution in [0.2, 0.25) is 0 Å². The predicted octanol–water partition coefficient (Wildman–Crippen LogP) is 3.00. The average molecular weight is 675 g/mol. The van der Waals surface area contributed by atoms with Crippen molar-refractivity contribution in [3.05, 3.63) is 12.7 Å². The van der Waals surface area contributed by atoms with Crippen LogP contribution in [0.4, 0.5) is 4.79 Å². The fourth-order valence-electron chi connectivity index (χ4n) is 5.18. The summed E-state index contributed by atoms with van der Waals surface area (Å²) < 4.78 is 3.95. The third kappa shape index (κ3) is 10.6. The molecule has 14 heteroatoms. The number of Topliss-reactive ketones (excluding diaryl/α,β-unsaturated/α-hetero) is 1. The summed E-state index contributed by atoms with van der Waals surface area (Å²) >= 11 is 13.0. The van der Waals surface area contributed by atoms with E-state index in [-0.39, 0.29) is 25.9 Å². The number of ether oxygens (including phenoxy) is 1. The van der Waals surface area contributed by atoms with Crippen LogP contribution in [0, 0.1) is 17.3 Å². The summed E-state index contributed by atoms with van der Waals surface area (Å²) in [6.45, 7) is 19.5. The zero-order chi connectivity index (χ0) is 34.7. The van der Waals surface area contributed by atoms with Gasteiger partial charge < -0.3 is 30.9 Å². The molecule has 1 heterocycles. The highest BCUT2D eigenvalue weighted by Gasteiger charge is 2.74. The number of nitrogens with zero attached hydrogens (tertiary/aromatic N) is 1. The highest BCUT2D eigenvalue weighted by Crippen LogP contribution is 2.65. The van der Waals surface area contributed by atoms with Gasteiger partial charge in [0.15, 0.2) is 0 Å². The highest BCUT2D eigenvalue weighted by atomic mass is 35.5. The maximum Gasteiger partial charge on any atom is 0.315 e. The van der Waals surface area contributed by atoms with Gasteiger partial charge in [0.05, 0.1) is 12.5 Å². The van der Waals surface area contributed by atoms with E-state index >= 15 is 0 Å². The van der Waals surface area contributed by atoms with Gasteiger partial charge in [0.2, 0.25) is 17.6 Å². The van der Waals surface area contributed by atoms with Gasteiger partial charge in [-0.2, -0.15) is 0 Å². The van der Waals surface area contributed by atoms with E-state index in [2.05, 4.69) is 27.8 Å². The molecule has 12 nitrogen and oxygen atoms in total. The van der Waals surface area contributed by atoms with Crippen molar-refractivity contribution < 1.29 is 33.5 Å². The van der Waals surface area contributed by atoms with Crippen LogP contribution >= 0.6 is 23.2 Å². The van der Waals surface area contributed by atoms with E-state index in [1.165, 1.54) is 4.90 Å². The van der Waals surface area contributed by atoms with Gasteiger partial charge in [0.1, 0.15) is 22.0 Å². The van der Waals surface area contributed by atoms with Crippen LogP contribution in [0.15, 0.2) is 12.7 Å². The van der Waals surface area contributed by atoms with Crippen LogP contribution < -0.4 is 21.3 Å². The number of rotatable bonds is 12. The summed E-state index contributed by atoms with van der Waals surface area (Å²) in [4.78, 5) is 79.7. The first kappa shape index (κ1) is 38.3. The first-order valence-corrected chi connectivity index (χ1v) is 15.9. The number of ketones is 1. The Morgan fingerprint density at radius 1 is 1.00 bits per heavy atom. The van der Waals surface area contributed by atoms with E-state index < -0.39 is 86.4 Å². The molecule has 5 atom stereocenters. The van der Waals surface area contributed by atoms with Crippen molar-refractivity contribution in [2.24, 2.45) is 17.3 Å². The molecule has 0 unspecified atom stereocenters. The third-order valence-electron chi connectivity index (χ3n) is 7.31. The van der Waals surface area contributed by atoms with Gasteiger partial charge >= 0.3 is 12.0 Å². The van der Waals surface area contributed by atoms with Crippen molar-refractivity contribution in [3.63, 3.8) is 0 Å². The van der Waals surface area contributed by atoms with Crippen molar-refractivity contribution >= 4 is 58.7 Å². The number of amides is 5. The Hall–Kier alpha value is -2.86. The molecule has 254 valence electrons. The molecule has 45 heavy (non-hydrogen) atoms. The second-order valence-electron chi connectivity index (χ2n) is 14.8. The maximum absolute atomic E-state index is 14.0. The second-order valence-corrected chi connectivity index (χ2v) is 16.2. The standard InChI is InChI=1S/C31H49Cl2N5O7/c1-11-12-13-18(22(40)25(42)34-15-14-19(39)45-30(8,9)10)35-24(41)21-20-17(31(20,32)33)16-38(21)26(43)23(28(2,3)4)36-27(44)37-29(5,6)7/h11,17-18,20-21,23H,1,12-16H2,2-10H3,(H,34,42)(H,35,41)(H2,36,37,44)/t17-,18-,20-,21-,23+/m0/s1. The lowest BCUT2D eigenvalue weighted by atomic mass is 9.85. The average Bonchev–Trinajstić information content (AvgIpc) is 3.19. The van der Waals surface area contributed by atoms with E-state index in [1.54, 1.807) is 68.4 Å². The van der Waals surface area contributed by atoms with E-state index in [4.69, 9.17) is 27.9 Å². The van der Waals surface area contributed by atoms with Crippen LogP contribution in [0.5, 0.6) is 0 Å². The minimum atomic E-state index is -1.26. The summed E-state index contributed by atoms with van der Waals surface area (Å²) in [6.07, 6.45) is 1.76. The molecular weight excluding hydrogens is 625 g/mol. The number of likely N-dealkylation sites (tertiary alicyclic amines) is 1. The second kappa shape index (κ2) is 14.3. The number of carbonyl (C=O) groups is 6. The van der Waals surface area contributed by atoms with Crippen molar-refractivity contribution in [2.75, 3.05) is 13.1 Å². The Labute approximate surface area is 276 Å². The van der Waals surface area contributed by atoms with Gasteiger partial charge in [-0.3, -0.25) is 24.0 Å². The van der Waals surface area contributed by atoms with Gasteiger partial charge in [-0.05, 0) is 59.8 Å². The molecule has 2 fully saturated rings. The quantitative estimate of drug-likeness (QED) is 0.107. The predicted molar refractivity (Wildman–Crippen MR) is 171 cm³/mol. The van der Waals surface area contributed by atoms with E-state index in [1.807, 2.05) is 0 Å². The van der Waals surface area contributed by atoms with Crippen molar-refractivity contribution in [1.82, 2.24) is 26.2 Å². The molecule has 0 radical (unpaired) electrons. The van der Waals surface area contributed by atoms with E-state index in [9.17, 15) is 28.8 Å². The smallest absolute Gasteiger partial charge is 0.315 e. The van der Waals surface area contributed by atoms with Crippen molar-refractivity contribution in [2.45, 2.75) is 115 Å². The number of carbonyl (C=O) groups excluding carboxylic acids is 6. The number of halogens is 2. The monoisotopic (exact) mass is 673 g/mol. The largest absolute Gasteiger partial charge is 0.460 e. The topological polar surface area (TPSA) is 163 Å². The Morgan fingerprint density at radius 3 is 2.11 bits per heavy atom. The number of hydrogen-bond acceptors (Lipinski definition) is 7.